The Labute approximate surface area is 111 Å². The van der Waals surface area contributed by atoms with E-state index in [1.807, 2.05) is 18.2 Å². The molecule has 0 aliphatic carbocycles. The van der Waals surface area contributed by atoms with Crippen LogP contribution in [0.4, 0.5) is 0 Å². The van der Waals surface area contributed by atoms with Gasteiger partial charge in [0.25, 0.3) is 0 Å². The first kappa shape index (κ1) is 14.7. The van der Waals surface area contributed by atoms with Crippen LogP contribution in [0, 0.1) is 5.92 Å². The molecule has 100 valence electrons. The van der Waals surface area contributed by atoms with Crippen molar-refractivity contribution >= 4 is 5.71 Å². The summed E-state index contributed by atoms with van der Waals surface area (Å²) in [6.07, 6.45) is 2.87. The summed E-state index contributed by atoms with van der Waals surface area (Å²) in [4.78, 5) is 4.78. The van der Waals surface area contributed by atoms with Crippen molar-refractivity contribution in [3.8, 4) is 5.75 Å². The average molecular weight is 247 g/mol. The van der Waals surface area contributed by atoms with E-state index in [0.29, 0.717) is 11.7 Å². The van der Waals surface area contributed by atoms with Gasteiger partial charge in [-0.2, -0.15) is 0 Å². The predicted molar refractivity (Wildman–Crippen MR) is 78.5 cm³/mol. The molecule has 0 saturated heterocycles. The van der Waals surface area contributed by atoms with Gasteiger partial charge in [0.05, 0.1) is 6.04 Å². The number of hydrogen-bond donors (Lipinski definition) is 1. The highest BCUT2D eigenvalue weighted by Crippen LogP contribution is 2.20. The number of nitrogens with zero attached hydrogens (tertiary/aromatic N) is 1. The molecule has 0 fully saturated rings. The molecule has 1 aromatic rings. The Hall–Kier alpha value is -1.31. The molecule has 0 heterocycles. The summed E-state index contributed by atoms with van der Waals surface area (Å²) in [7, 11) is 0. The van der Waals surface area contributed by atoms with Gasteiger partial charge in [-0.25, -0.2) is 0 Å². The van der Waals surface area contributed by atoms with E-state index in [1.54, 1.807) is 6.07 Å². The van der Waals surface area contributed by atoms with Crippen LogP contribution in [0.2, 0.25) is 0 Å². The minimum absolute atomic E-state index is 0.275. The number of phenols is 1. The molecule has 1 rings (SSSR count). The van der Waals surface area contributed by atoms with Crippen molar-refractivity contribution in [2.24, 2.45) is 10.9 Å². The van der Waals surface area contributed by atoms with Crippen LogP contribution in [0.5, 0.6) is 5.75 Å². The summed E-state index contributed by atoms with van der Waals surface area (Å²) in [5.74, 6) is 1.03. The number of rotatable bonds is 6. The molecule has 18 heavy (non-hydrogen) atoms. The number of para-hydroxylation sites is 1. The van der Waals surface area contributed by atoms with Crippen molar-refractivity contribution < 1.29 is 5.11 Å². The molecule has 0 radical (unpaired) electrons. The highest BCUT2D eigenvalue weighted by Gasteiger charge is 2.09. The molecular weight excluding hydrogens is 222 g/mol. The molecule has 1 atom stereocenters. The van der Waals surface area contributed by atoms with Crippen LogP contribution >= 0.6 is 0 Å². The smallest absolute Gasteiger partial charge is 0.118 e. The van der Waals surface area contributed by atoms with E-state index >= 15 is 0 Å². The molecule has 1 unspecified atom stereocenters. The average Bonchev–Trinajstić information content (AvgIpc) is 2.30. The van der Waals surface area contributed by atoms with Crippen LogP contribution in [0.15, 0.2) is 29.3 Å². The Kier molecular flexibility index (Phi) is 5.90. The first-order valence-corrected chi connectivity index (χ1v) is 6.83. The van der Waals surface area contributed by atoms with E-state index in [2.05, 4.69) is 27.7 Å². The van der Waals surface area contributed by atoms with Crippen molar-refractivity contribution in [3.63, 3.8) is 0 Å². The summed E-state index contributed by atoms with van der Waals surface area (Å²) >= 11 is 0. The Morgan fingerprint density at radius 1 is 1.28 bits per heavy atom. The van der Waals surface area contributed by atoms with Gasteiger partial charge in [-0.3, -0.25) is 4.99 Å². The zero-order valence-corrected chi connectivity index (χ0v) is 12.0. The fourth-order valence-electron chi connectivity index (χ4n) is 2.17. The summed E-state index contributed by atoms with van der Waals surface area (Å²) < 4.78 is 0. The molecule has 2 heteroatoms. The molecule has 0 aliphatic rings. The fraction of sp³-hybridized carbons (Fsp3) is 0.562. The van der Waals surface area contributed by atoms with Crippen LogP contribution in [-0.2, 0) is 6.42 Å². The molecule has 0 amide bonds. The lowest BCUT2D eigenvalue weighted by molar-refractivity contribution is 0.464. The highest BCUT2D eigenvalue weighted by molar-refractivity contribution is 5.82. The first-order chi connectivity index (χ1) is 8.52. The maximum Gasteiger partial charge on any atom is 0.118 e. The van der Waals surface area contributed by atoms with Gasteiger partial charge in [0.2, 0.25) is 0 Å². The van der Waals surface area contributed by atoms with Crippen molar-refractivity contribution in [1.82, 2.24) is 0 Å². The van der Waals surface area contributed by atoms with Gasteiger partial charge < -0.3 is 5.11 Å². The van der Waals surface area contributed by atoms with Gasteiger partial charge in [0.1, 0.15) is 5.75 Å². The summed E-state index contributed by atoms with van der Waals surface area (Å²) in [5, 5.41) is 9.79. The lowest BCUT2D eigenvalue weighted by Crippen LogP contribution is -2.11. The third-order valence-electron chi connectivity index (χ3n) is 3.03. The summed E-state index contributed by atoms with van der Waals surface area (Å²) in [5.41, 5.74) is 2.21. The minimum atomic E-state index is 0.275. The summed E-state index contributed by atoms with van der Waals surface area (Å²) in [6.45, 7) is 8.68. The van der Waals surface area contributed by atoms with Crippen molar-refractivity contribution in [1.29, 1.82) is 0 Å². The Morgan fingerprint density at radius 3 is 2.50 bits per heavy atom. The fourth-order valence-corrected chi connectivity index (χ4v) is 2.17. The quantitative estimate of drug-likeness (QED) is 0.750. The molecule has 1 N–H and O–H groups in total. The largest absolute Gasteiger partial charge is 0.508 e. The van der Waals surface area contributed by atoms with Crippen LogP contribution in [0.25, 0.3) is 0 Å². The molecule has 0 aliphatic heterocycles. The zero-order valence-electron chi connectivity index (χ0n) is 12.0. The van der Waals surface area contributed by atoms with E-state index in [-0.39, 0.29) is 6.04 Å². The van der Waals surface area contributed by atoms with Crippen LogP contribution in [0.1, 0.15) is 46.1 Å². The number of hydrogen-bond acceptors (Lipinski definition) is 2. The van der Waals surface area contributed by atoms with E-state index in [9.17, 15) is 5.11 Å². The second kappa shape index (κ2) is 7.20. The van der Waals surface area contributed by atoms with Gasteiger partial charge in [-0.05, 0) is 43.7 Å². The SMILES string of the molecule is CCC(Cc1ccccc1O)N=C(C)CC(C)C. The van der Waals surface area contributed by atoms with Crippen LogP contribution in [0.3, 0.4) is 0 Å². The van der Waals surface area contributed by atoms with E-state index in [0.717, 1.165) is 24.8 Å². The van der Waals surface area contributed by atoms with Crippen molar-refractivity contribution in [2.75, 3.05) is 0 Å². The molecule has 0 spiro atoms. The van der Waals surface area contributed by atoms with Crippen molar-refractivity contribution in [3.05, 3.63) is 29.8 Å². The van der Waals surface area contributed by atoms with Gasteiger partial charge in [-0.15, -0.1) is 0 Å². The second-order valence-corrected chi connectivity index (χ2v) is 5.36. The zero-order chi connectivity index (χ0) is 13.5. The number of aliphatic imine (C=N–C) groups is 1. The third-order valence-corrected chi connectivity index (χ3v) is 3.03. The maximum absolute atomic E-state index is 9.79. The first-order valence-electron chi connectivity index (χ1n) is 6.83. The molecule has 0 bridgehead atoms. The standard InChI is InChI=1S/C16H25NO/c1-5-15(17-13(4)10-12(2)3)11-14-8-6-7-9-16(14)18/h6-9,12,15,18H,5,10-11H2,1-4H3. The molecule has 1 aromatic carbocycles. The Morgan fingerprint density at radius 2 is 1.94 bits per heavy atom. The monoisotopic (exact) mass is 247 g/mol. The number of phenolic OH excluding ortho intramolecular Hbond substituents is 1. The second-order valence-electron chi connectivity index (χ2n) is 5.36. The highest BCUT2D eigenvalue weighted by atomic mass is 16.3. The van der Waals surface area contributed by atoms with Gasteiger partial charge in [0.15, 0.2) is 0 Å². The van der Waals surface area contributed by atoms with E-state index < -0.39 is 0 Å². The molecular formula is C16H25NO. The molecule has 2 nitrogen and oxygen atoms in total. The Balaban J connectivity index is 2.71. The van der Waals surface area contributed by atoms with E-state index in [4.69, 9.17) is 4.99 Å². The molecule has 0 aromatic heterocycles. The topological polar surface area (TPSA) is 32.6 Å². The van der Waals surface area contributed by atoms with Gasteiger partial charge >= 0.3 is 0 Å². The van der Waals surface area contributed by atoms with Gasteiger partial charge in [-0.1, -0.05) is 39.0 Å². The Bertz CT molecular complexity index is 396. The lowest BCUT2D eigenvalue weighted by Gasteiger charge is -2.14. The van der Waals surface area contributed by atoms with Gasteiger partial charge in [0, 0.05) is 5.71 Å². The maximum atomic E-state index is 9.79. The lowest BCUT2D eigenvalue weighted by atomic mass is 10.0. The number of benzene rings is 1. The van der Waals surface area contributed by atoms with E-state index in [1.165, 1.54) is 5.71 Å². The van der Waals surface area contributed by atoms with Crippen LogP contribution < -0.4 is 0 Å². The minimum Gasteiger partial charge on any atom is -0.508 e. The summed E-state index contributed by atoms with van der Waals surface area (Å²) in [6, 6.07) is 7.81. The molecule has 0 saturated carbocycles. The predicted octanol–water partition coefficient (Wildman–Crippen LogP) is 4.22. The van der Waals surface area contributed by atoms with Crippen molar-refractivity contribution in [2.45, 2.75) is 53.0 Å². The normalized spacial score (nSPS) is 13.9. The third kappa shape index (κ3) is 4.91. The number of aromatic hydroxyl groups is 1. The van der Waals surface area contributed by atoms with Crippen LogP contribution in [-0.4, -0.2) is 16.9 Å².